The lowest BCUT2D eigenvalue weighted by molar-refractivity contribution is -0.142. The number of rotatable bonds is 3. The second-order valence-electron chi connectivity index (χ2n) is 3.02. The summed E-state index contributed by atoms with van der Waals surface area (Å²) in [6.45, 7) is 2.00. The van der Waals surface area contributed by atoms with E-state index in [4.69, 9.17) is 10.00 Å². The maximum atomic E-state index is 13.1. The summed E-state index contributed by atoms with van der Waals surface area (Å²) in [7, 11) is 0. The number of halogens is 2. The van der Waals surface area contributed by atoms with Crippen LogP contribution in [0.25, 0.3) is 0 Å². The zero-order valence-electron chi connectivity index (χ0n) is 8.59. The van der Waals surface area contributed by atoms with Gasteiger partial charge in [0, 0.05) is 4.47 Å². The number of esters is 1. The zero-order chi connectivity index (χ0) is 12.1. The first-order valence-corrected chi connectivity index (χ1v) is 5.41. The molecule has 0 saturated heterocycles. The van der Waals surface area contributed by atoms with E-state index < -0.39 is 11.8 Å². The van der Waals surface area contributed by atoms with Gasteiger partial charge in [-0.1, -0.05) is 15.9 Å². The van der Waals surface area contributed by atoms with Crippen LogP contribution in [0.15, 0.2) is 16.6 Å². The Balaban J connectivity index is 2.97. The lowest BCUT2D eigenvalue weighted by Gasteiger charge is -2.05. The van der Waals surface area contributed by atoms with Crippen LogP contribution in [0.2, 0.25) is 0 Å². The normalized spacial score (nSPS) is 9.62. The summed E-state index contributed by atoms with van der Waals surface area (Å²) in [6.07, 6.45) is 0.0172. The van der Waals surface area contributed by atoms with E-state index in [-0.39, 0.29) is 12.0 Å². The standard InChI is InChI=1S/C11H9BrFNO2/c1-2-16-11(15)4-7-3-8(6-14)10(13)5-9(7)12/h3,5H,2,4H2,1H3. The van der Waals surface area contributed by atoms with Gasteiger partial charge in [0.25, 0.3) is 0 Å². The van der Waals surface area contributed by atoms with Gasteiger partial charge in [0.1, 0.15) is 11.9 Å². The van der Waals surface area contributed by atoms with E-state index in [0.717, 1.165) is 0 Å². The molecule has 1 rings (SSSR count). The third-order valence-corrected chi connectivity index (χ3v) is 2.63. The molecule has 0 aliphatic rings. The number of nitrogens with zero attached hydrogens (tertiary/aromatic N) is 1. The van der Waals surface area contributed by atoms with Crippen LogP contribution in [0, 0.1) is 17.1 Å². The number of hydrogen-bond acceptors (Lipinski definition) is 3. The van der Waals surface area contributed by atoms with Crippen LogP contribution in [-0.4, -0.2) is 12.6 Å². The fourth-order valence-electron chi connectivity index (χ4n) is 1.18. The Labute approximate surface area is 101 Å². The first kappa shape index (κ1) is 12.7. The van der Waals surface area contributed by atoms with Crippen LogP contribution in [0.4, 0.5) is 4.39 Å². The molecule has 0 amide bonds. The average Bonchev–Trinajstić information content (AvgIpc) is 2.22. The van der Waals surface area contributed by atoms with Crippen molar-refractivity contribution in [3.63, 3.8) is 0 Å². The topological polar surface area (TPSA) is 50.1 Å². The summed E-state index contributed by atoms with van der Waals surface area (Å²) >= 11 is 3.13. The van der Waals surface area contributed by atoms with Gasteiger partial charge in [0.05, 0.1) is 18.6 Å². The largest absolute Gasteiger partial charge is 0.466 e. The predicted octanol–water partition coefficient (Wildman–Crippen LogP) is 2.57. The molecule has 0 aromatic heterocycles. The molecule has 0 atom stereocenters. The molecular weight excluding hydrogens is 277 g/mol. The molecule has 5 heteroatoms. The van der Waals surface area contributed by atoms with E-state index in [0.29, 0.717) is 16.6 Å². The summed E-state index contributed by atoms with van der Waals surface area (Å²) in [6, 6.07) is 4.24. The molecule has 0 aliphatic heterocycles. The third-order valence-electron chi connectivity index (χ3n) is 1.90. The van der Waals surface area contributed by atoms with Gasteiger partial charge in [-0.05, 0) is 24.6 Å². The SMILES string of the molecule is CCOC(=O)Cc1cc(C#N)c(F)cc1Br. The summed E-state index contributed by atoms with van der Waals surface area (Å²) in [4.78, 5) is 11.2. The van der Waals surface area contributed by atoms with Gasteiger partial charge in [0.15, 0.2) is 0 Å². The van der Waals surface area contributed by atoms with Gasteiger partial charge in [-0.3, -0.25) is 4.79 Å². The molecule has 3 nitrogen and oxygen atoms in total. The predicted molar refractivity (Wildman–Crippen MR) is 59.2 cm³/mol. The Morgan fingerprint density at radius 3 is 2.88 bits per heavy atom. The number of ether oxygens (including phenoxy) is 1. The Hall–Kier alpha value is -1.41. The molecule has 0 heterocycles. The lowest BCUT2D eigenvalue weighted by Crippen LogP contribution is -2.08. The fraction of sp³-hybridized carbons (Fsp3) is 0.273. The van der Waals surface area contributed by atoms with Crippen LogP contribution in [-0.2, 0) is 16.0 Å². The minimum atomic E-state index is -0.609. The van der Waals surface area contributed by atoms with Crippen LogP contribution >= 0.6 is 15.9 Å². The highest BCUT2D eigenvalue weighted by Gasteiger charge is 2.11. The Morgan fingerprint density at radius 1 is 1.62 bits per heavy atom. The maximum Gasteiger partial charge on any atom is 0.310 e. The highest BCUT2D eigenvalue weighted by atomic mass is 79.9. The van der Waals surface area contributed by atoms with E-state index in [9.17, 15) is 9.18 Å². The van der Waals surface area contributed by atoms with Crippen LogP contribution in [0.3, 0.4) is 0 Å². The number of nitriles is 1. The first-order chi connectivity index (χ1) is 7.58. The van der Waals surface area contributed by atoms with E-state index in [1.165, 1.54) is 12.1 Å². The molecule has 0 unspecified atom stereocenters. The van der Waals surface area contributed by atoms with E-state index in [1.807, 2.05) is 0 Å². The molecule has 0 fully saturated rings. The molecule has 0 radical (unpaired) electrons. The highest BCUT2D eigenvalue weighted by molar-refractivity contribution is 9.10. The van der Waals surface area contributed by atoms with Crippen molar-refractivity contribution in [1.82, 2.24) is 0 Å². The van der Waals surface area contributed by atoms with Crippen molar-refractivity contribution < 1.29 is 13.9 Å². The Bertz CT molecular complexity index is 454. The summed E-state index contributed by atoms with van der Waals surface area (Å²) in [5.41, 5.74) is 0.457. The van der Waals surface area contributed by atoms with Crippen molar-refractivity contribution in [1.29, 1.82) is 5.26 Å². The van der Waals surface area contributed by atoms with E-state index >= 15 is 0 Å². The van der Waals surface area contributed by atoms with Gasteiger partial charge in [-0.25, -0.2) is 4.39 Å². The molecule has 0 N–H and O–H groups in total. The minimum absolute atomic E-state index is 0.0172. The van der Waals surface area contributed by atoms with Gasteiger partial charge in [-0.2, -0.15) is 5.26 Å². The minimum Gasteiger partial charge on any atom is -0.466 e. The average molecular weight is 286 g/mol. The first-order valence-electron chi connectivity index (χ1n) is 4.62. The van der Waals surface area contributed by atoms with Crippen LogP contribution < -0.4 is 0 Å². The quantitative estimate of drug-likeness (QED) is 0.802. The van der Waals surface area contributed by atoms with Crippen molar-refractivity contribution in [3.05, 3.63) is 33.5 Å². The second-order valence-corrected chi connectivity index (χ2v) is 3.87. The number of hydrogen-bond donors (Lipinski definition) is 0. The van der Waals surface area contributed by atoms with Gasteiger partial charge < -0.3 is 4.74 Å². The van der Waals surface area contributed by atoms with E-state index in [2.05, 4.69) is 15.9 Å². The molecular formula is C11H9BrFNO2. The lowest BCUT2D eigenvalue weighted by atomic mass is 10.1. The molecule has 16 heavy (non-hydrogen) atoms. The smallest absolute Gasteiger partial charge is 0.310 e. The van der Waals surface area contributed by atoms with Crippen LogP contribution in [0.5, 0.6) is 0 Å². The Morgan fingerprint density at radius 2 is 2.31 bits per heavy atom. The van der Waals surface area contributed by atoms with Crippen LogP contribution in [0.1, 0.15) is 18.1 Å². The monoisotopic (exact) mass is 285 g/mol. The molecule has 1 aromatic rings. The molecule has 0 saturated carbocycles. The summed E-state index contributed by atoms with van der Waals surface area (Å²) in [5, 5.41) is 8.65. The molecule has 0 aliphatic carbocycles. The summed E-state index contributed by atoms with van der Waals surface area (Å²) < 4.78 is 18.4. The molecule has 84 valence electrons. The van der Waals surface area contributed by atoms with Crippen molar-refractivity contribution in [2.75, 3.05) is 6.61 Å². The molecule has 1 aromatic carbocycles. The summed E-state index contributed by atoms with van der Waals surface area (Å²) in [5.74, 6) is -1.01. The van der Waals surface area contributed by atoms with E-state index in [1.54, 1.807) is 13.0 Å². The molecule has 0 spiro atoms. The fourth-order valence-corrected chi connectivity index (χ4v) is 1.64. The highest BCUT2D eigenvalue weighted by Crippen LogP contribution is 2.21. The van der Waals surface area contributed by atoms with Crippen molar-refractivity contribution in [2.45, 2.75) is 13.3 Å². The third kappa shape index (κ3) is 3.04. The molecule has 0 bridgehead atoms. The zero-order valence-corrected chi connectivity index (χ0v) is 10.2. The number of benzene rings is 1. The maximum absolute atomic E-state index is 13.1. The van der Waals surface area contributed by atoms with Crippen molar-refractivity contribution >= 4 is 21.9 Å². The van der Waals surface area contributed by atoms with Gasteiger partial charge >= 0.3 is 5.97 Å². The van der Waals surface area contributed by atoms with Gasteiger partial charge in [0.2, 0.25) is 0 Å². The number of carbonyl (C=O) groups is 1. The second kappa shape index (κ2) is 5.61. The number of carbonyl (C=O) groups excluding carboxylic acids is 1. The van der Waals surface area contributed by atoms with Crippen molar-refractivity contribution in [2.24, 2.45) is 0 Å². The Kier molecular flexibility index (Phi) is 4.44. The van der Waals surface area contributed by atoms with Gasteiger partial charge in [-0.15, -0.1) is 0 Å². The van der Waals surface area contributed by atoms with Crippen molar-refractivity contribution in [3.8, 4) is 6.07 Å².